The molecule has 0 fully saturated rings. The number of rotatable bonds is 3. The third-order valence-electron chi connectivity index (χ3n) is 5.44. The number of hydrogen-bond acceptors (Lipinski definition) is 2. The maximum atomic E-state index is 13.6. The first-order chi connectivity index (χ1) is 15.3. The fourth-order valence-corrected chi connectivity index (χ4v) is 3.94. The van der Waals surface area contributed by atoms with Crippen molar-refractivity contribution in [2.75, 3.05) is 0 Å². The molecule has 1 aromatic heterocycles. The molecule has 5 aromatic rings. The normalized spacial score (nSPS) is 11.8. The van der Waals surface area contributed by atoms with Gasteiger partial charge in [-0.25, -0.2) is 4.68 Å². The second kappa shape index (κ2) is 7.23. The van der Waals surface area contributed by atoms with Gasteiger partial charge in [-0.3, -0.25) is 4.79 Å². The molecule has 0 atom stereocenters. The van der Waals surface area contributed by atoms with E-state index in [1.807, 2.05) is 54.6 Å². The van der Waals surface area contributed by atoms with Gasteiger partial charge in [-0.1, -0.05) is 48.5 Å². The summed E-state index contributed by atoms with van der Waals surface area (Å²) in [5.41, 5.74) is 5.86. The Morgan fingerprint density at radius 3 is 2.09 bits per heavy atom. The van der Waals surface area contributed by atoms with Crippen LogP contribution >= 0.6 is 0 Å². The van der Waals surface area contributed by atoms with E-state index in [-0.39, 0.29) is 5.56 Å². The summed E-state index contributed by atoms with van der Waals surface area (Å²) in [6.45, 7) is 0. The van der Waals surface area contributed by atoms with Gasteiger partial charge in [0.2, 0.25) is 5.91 Å². The minimum atomic E-state index is -4.61. The third kappa shape index (κ3) is 3.28. The topological polar surface area (TPSA) is 60.9 Å². The second-order valence-corrected chi connectivity index (χ2v) is 7.43. The van der Waals surface area contributed by atoms with E-state index in [9.17, 15) is 18.0 Å². The molecule has 0 saturated carbocycles. The van der Waals surface area contributed by atoms with Crippen molar-refractivity contribution in [3.8, 4) is 16.9 Å². The predicted molar refractivity (Wildman–Crippen MR) is 118 cm³/mol. The minimum absolute atomic E-state index is 0.259. The monoisotopic (exact) mass is 431 g/mol. The van der Waals surface area contributed by atoms with Gasteiger partial charge >= 0.3 is 6.18 Å². The lowest BCUT2D eigenvalue weighted by atomic mass is 9.95. The number of halogens is 3. The lowest BCUT2D eigenvalue weighted by Gasteiger charge is -2.13. The number of amides is 1. The number of fused-ring (bicyclic) bond motifs is 3. The van der Waals surface area contributed by atoms with Crippen LogP contribution in [0, 0.1) is 0 Å². The number of carbonyl (C=O) groups excluding carboxylic acids is 1. The Kier molecular flexibility index (Phi) is 4.48. The summed E-state index contributed by atoms with van der Waals surface area (Å²) in [6, 6.07) is 24.3. The van der Waals surface area contributed by atoms with Crippen LogP contribution in [-0.2, 0) is 6.18 Å². The Labute approximate surface area is 180 Å². The molecule has 5 rings (SSSR count). The van der Waals surface area contributed by atoms with Gasteiger partial charge in [-0.15, -0.1) is 0 Å². The highest BCUT2D eigenvalue weighted by Crippen LogP contribution is 2.38. The molecule has 4 aromatic carbocycles. The Balaban J connectivity index is 1.82. The molecule has 1 heterocycles. The summed E-state index contributed by atoms with van der Waals surface area (Å²) in [7, 11) is 0. The average molecular weight is 431 g/mol. The minimum Gasteiger partial charge on any atom is -0.366 e. The highest BCUT2D eigenvalue weighted by Gasteiger charge is 2.35. The van der Waals surface area contributed by atoms with E-state index in [1.165, 1.54) is 28.9 Å². The van der Waals surface area contributed by atoms with Crippen molar-refractivity contribution in [3.63, 3.8) is 0 Å². The number of nitrogens with two attached hydrogens (primary N) is 1. The van der Waals surface area contributed by atoms with Gasteiger partial charge < -0.3 is 5.73 Å². The molecule has 158 valence electrons. The van der Waals surface area contributed by atoms with Crippen molar-refractivity contribution in [1.29, 1.82) is 0 Å². The number of nitrogens with zero attached hydrogens (tertiary/aromatic N) is 2. The zero-order valence-electron chi connectivity index (χ0n) is 16.6. The summed E-state index contributed by atoms with van der Waals surface area (Å²) in [5, 5.41) is 7.54. The van der Waals surface area contributed by atoms with Gasteiger partial charge in [0.05, 0.1) is 11.4 Å². The fraction of sp³-hybridized carbons (Fsp3) is 0.0400. The van der Waals surface area contributed by atoms with Crippen molar-refractivity contribution in [1.82, 2.24) is 9.78 Å². The molecule has 2 N–H and O–H groups in total. The predicted octanol–water partition coefficient (Wildman–Crippen LogP) is 5.96. The number of primary amides is 1. The van der Waals surface area contributed by atoms with E-state index in [2.05, 4.69) is 5.10 Å². The molecule has 0 unspecified atom stereocenters. The maximum absolute atomic E-state index is 13.6. The first kappa shape index (κ1) is 19.8. The molecule has 0 aliphatic rings. The van der Waals surface area contributed by atoms with Crippen molar-refractivity contribution < 1.29 is 18.0 Å². The average Bonchev–Trinajstić information content (AvgIpc) is 3.24. The highest BCUT2D eigenvalue weighted by atomic mass is 19.4. The zero-order valence-corrected chi connectivity index (χ0v) is 16.6. The molecule has 0 saturated heterocycles. The van der Waals surface area contributed by atoms with Gasteiger partial charge in [0, 0.05) is 11.1 Å². The smallest absolute Gasteiger partial charge is 0.366 e. The van der Waals surface area contributed by atoms with Crippen molar-refractivity contribution in [2.24, 2.45) is 5.73 Å². The summed E-state index contributed by atoms with van der Waals surface area (Å²) < 4.78 is 42.1. The Morgan fingerprint density at radius 2 is 1.44 bits per heavy atom. The Morgan fingerprint density at radius 1 is 0.812 bits per heavy atom. The van der Waals surface area contributed by atoms with Crippen molar-refractivity contribution in [2.45, 2.75) is 6.18 Å². The van der Waals surface area contributed by atoms with E-state index in [0.29, 0.717) is 16.9 Å². The van der Waals surface area contributed by atoms with E-state index in [4.69, 9.17) is 5.73 Å². The first-order valence-electron chi connectivity index (χ1n) is 9.81. The molecular formula is C25H16F3N3O. The van der Waals surface area contributed by atoms with Gasteiger partial charge in [0.1, 0.15) is 0 Å². The van der Waals surface area contributed by atoms with Gasteiger partial charge in [-0.05, 0) is 57.9 Å². The van der Waals surface area contributed by atoms with Crippen LogP contribution in [0.2, 0.25) is 0 Å². The summed E-state index contributed by atoms with van der Waals surface area (Å²) in [6.07, 6.45) is -4.61. The van der Waals surface area contributed by atoms with Crippen LogP contribution in [0.3, 0.4) is 0 Å². The molecule has 7 heteroatoms. The van der Waals surface area contributed by atoms with Gasteiger partial charge in [0.25, 0.3) is 0 Å². The Bertz CT molecular complexity index is 1480. The Hall–Kier alpha value is -4.13. The molecule has 0 bridgehead atoms. The molecule has 0 radical (unpaired) electrons. The molecule has 1 amide bonds. The van der Waals surface area contributed by atoms with E-state index in [1.54, 1.807) is 0 Å². The van der Waals surface area contributed by atoms with E-state index < -0.39 is 17.8 Å². The lowest BCUT2D eigenvalue weighted by molar-refractivity contribution is -0.141. The molecule has 4 nitrogen and oxygen atoms in total. The van der Waals surface area contributed by atoms with Crippen LogP contribution in [0.5, 0.6) is 0 Å². The number of benzene rings is 4. The molecule has 32 heavy (non-hydrogen) atoms. The largest absolute Gasteiger partial charge is 0.435 e. The first-order valence-corrected chi connectivity index (χ1v) is 9.81. The van der Waals surface area contributed by atoms with Gasteiger partial charge in [0.15, 0.2) is 5.69 Å². The van der Waals surface area contributed by atoms with Crippen molar-refractivity contribution >= 4 is 27.5 Å². The highest BCUT2D eigenvalue weighted by molar-refractivity contribution is 6.13. The molecule has 0 spiro atoms. The number of aromatic nitrogens is 2. The summed E-state index contributed by atoms with van der Waals surface area (Å²) in [5.74, 6) is -0.617. The standard InChI is InChI=1S/C25H16F3N3O/c26-25(27,28)23-14-22(31(30-23)17-11-9-15(10-12-17)24(29)32)21-13-16-5-1-2-6-18(16)19-7-3-4-8-20(19)21/h1-14H,(H2,29,32). The SMILES string of the molecule is NC(=O)c1ccc(-n2nc(C(F)(F)F)cc2-c2cc3ccccc3c3ccccc23)cc1. The number of alkyl halides is 3. The van der Waals surface area contributed by atoms with Crippen LogP contribution in [0.1, 0.15) is 16.1 Å². The quantitative estimate of drug-likeness (QED) is 0.358. The fourth-order valence-electron chi connectivity index (χ4n) is 3.94. The van der Waals surface area contributed by atoms with Gasteiger partial charge in [-0.2, -0.15) is 18.3 Å². The van der Waals surface area contributed by atoms with Crippen LogP contribution in [0.4, 0.5) is 13.2 Å². The van der Waals surface area contributed by atoms with Crippen LogP contribution in [0.25, 0.3) is 38.5 Å². The molecule has 0 aliphatic carbocycles. The summed E-state index contributed by atoms with van der Waals surface area (Å²) >= 11 is 0. The van der Waals surface area contributed by atoms with Crippen LogP contribution in [-0.4, -0.2) is 15.7 Å². The second-order valence-electron chi connectivity index (χ2n) is 7.43. The lowest BCUT2D eigenvalue weighted by Crippen LogP contribution is -2.11. The van der Waals surface area contributed by atoms with Crippen molar-refractivity contribution in [3.05, 3.63) is 96.2 Å². The van der Waals surface area contributed by atoms with E-state index >= 15 is 0 Å². The maximum Gasteiger partial charge on any atom is 0.435 e. The van der Waals surface area contributed by atoms with Crippen LogP contribution < -0.4 is 5.73 Å². The summed E-state index contributed by atoms with van der Waals surface area (Å²) in [4.78, 5) is 11.4. The van der Waals surface area contributed by atoms with Crippen LogP contribution in [0.15, 0.2) is 84.9 Å². The number of carbonyl (C=O) groups is 1. The zero-order chi connectivity index (χ0) is 22.5. The number of hydrogen-bond donors (Lipinski definition) is 1. The third-order valence-corrected chi connectivity index (χ3v) is 5.44. The molecule has 0 aliphatic heterocycles. The van der Waals surface area contributed by atoms with E-state index in [0.717, 1.165) is 27.6 Å². The molecular weight excluding hydrogens is 415 g/mol.